The van der Waals surface area contributed by atoms with Gasteiger partial charge in [0.15, 0.2) is 0 Å². The van der Waals surface area contributed by atoms with Gasteiger partial charge in [-0.15, -0.1) is 0 Å². The van der Waals surface area contributed by atoms with Gasteiger partial charge in [-0.2, -0.15) is 18.3 Å². The molecule has 32 heavy (non-hydrogen) atoms. The third-order valence-electron chi connectivity index (χ3n) is 5.52. The van der Waals surface area contributed by atoms with Crippen LogP contribution in [0.15, 0.2) is 41.6 Å². The summed E-state index contributed by atoms with van der Waals surface area (Å²) in [7, 11) is 0. The van der Waals surface area contributed by atoms with E-state index in [1.165, 1.54) is 15.5 Å². The zero-order valence-electron chi connectivity index (χ0n) is 17.5. The van der Waals surface area contributed by atoms with E-state index >= 15 is 0 Å². The quantitative estimate of drug-likeness (QED) is 0.545. The third-order valence-corrected chi connectivity index (χ3v) is 5.52. The second kappa shape index (κ2) is 7.79. The van der Waals surface area contributed by atoms with E-state index in [0.717, 1.165) is 22.3 Å². The Labute approximate surface area is 180 Å². The molecule has 3 aromatic rings. The number of imidazole rings is 1. The topological polar surface area (TPSA) is 48.0 Å². The molecule has 0 saturated carbocycles. The van der Waals surface area contributed by atoms with Crippen LogP contribution in [0.3, 0.4) is 0 Å². The molecule has 0 radical (unpaired) electrons. The highest BCUT2D eigenvalue weighted by Crippen LogP contribution is 2.37. The van der Waals surface area contributed by atoms with Crippen molar-refractivity contribution in [2.75, 3.05) is 18.0 Å². The molecule has 3 heterocycles. The summed E-state index contributed by atoms with van der Waals surface area (Å²) in [4.78, 5) is 14.3. The van der Waals surface area contributed by atoms with Crippen LogP contribution in [0.2, 0.25) is 0 Å². The Morgan fingerprint density at radius 1 is 1.12 bits per heavy atom. The molecule has 0 spiro atoms. The lowest BCUT2D eigenvalue weighted by molar-refractivity contribution is -0.137. The van der Waals surface area contributed by atoms with Crippen molar-refractivity contribution in [3.63, 3.8) is 0 Å². The minimum absolute atomic E-state index is 0.00951. The van der Waals surface area contributed by atoms with Crippen LogP contribution in [0.1, 0.15) is 30.2 Å². The van der Waals surface area contributed by atoms with Crippen LogP contribution in [0.25, 0.3) is 5.69 Å². The highest BCUT2D eigenvalue weighted by atomic mass is 19.4. The number of aryl methyl sites for hydroxylation is 2. The van der Waals surface area contributed by atoms with E-state index in [4.69, 9.17) is 0 Å². The number of alkyl halides is 5. The maximum atomic E-state index is 13.7. The van der Waals surface area contributed by atoms with Crippen LogP contribution in [-0.2, 0) is 19.3 Å². The maximum absolute atomic E-state index is 13.7. The number of aromatic nitrogens is 4. The summed E-state index contributed by atoms with van der Waals surface area (Å²) < 4.78 is 72.3. The predicted molar refractivity (Wildman–Crippen MR) is 109 cm³/mol. The Balaban J connectivity index is 1.76. The second-order valence-electron chi connectivity index (χ2n) is 7.98. The number of nitrogens with zero attached hydrogens (tertiary/aromatic N) is 5. The number of benzene rings is 1. The van der Waals surface area contributed by atoms with Crippen LogP contribution in [0, 0.1) is 6.92 Å². The zero-order valence-corrected chi connectivity index (χ0v) is 17.5. The standard InChI is InChI=1S/C21H22F5N5O/c1-3-30-12-15(9-27-30)11-29-10-14(2)31(19(29)32)18-7-16(21(24,25)26)6-17(8-18)28-5-4-20(22,23)13-28/h6-10,12H,3-5,11,13H2,1-2H3. The molecule has 0 unspecified atom stereocenters. The molecule has 4 rings (SSSR count). The number of anilines is 1. The van der Waals surface area contributed by atoms with Crippen molar-refractivity contribution in [3.8, 4) is 5.69 Å². The van der Waals surface area contributed by atoms with E-state index in [1.807, 2.05) is 6.92 Å². The molecule has 2 aromatic heterocycles. The Kier molecular flexibility index (Phi) is 5.38. The van der Waals surface area contributed by atoms with Gasteiger partial charge in [-0.3, -0.25) is 13.8 Å². The van der Waals surface area contributed by atoms with E-state index in [1.54, 1.807) is 30.2 Å². The third kappa shape index (κ3) is 4.28. The summed E-state index contributed by atoms with van der Waals surface area (Å²) in [6, 6.07) is 3.07. The normalized spacial score (nSPS) is 16.2. The van der Waals surface area contributed by atoms with Gasteiger partial charge in [0.05, 0.1) is 30.5 Å². The molecule has 1 aliphatic rings. The summed E-state index contributed by atoms with van der Waals surface area (Å²) >= 11 is 0. The molecule has 0 amide bonds. The van der Waals surface area contributed by atoms with Gasteiger partial charge >= 0.3 is 11.9 Å². The Morgan fingerprint density at radius 3 is 2.44 bits per heavy atom. The smallest absolute Gasteiger partial charge is 0.365 e. The second-order valence-corrected chi connectivity index (χ2v) is 7.98. The Hall–Kier alpha value is -3.11. The first-order chi connectivity index (χ1) is 15.0. The summed E-state index contributed by atoms with van der Waals surface area (Å²) in [6.07, 6.45) is -0.162. The molecule has 0 atom stereocenters. The van der Waals surface area contributed by atoms with Gasteiger partial charge in [-0.05, 0) is 32.0 Å². The Morgan fingerprint density at radius 2 is 1.84 bits per heavy atom. The number of halogens is 5. The van der Waals surface area contributed by atoms with Crippen molar-refractivity contribution in [1.29, 1.82) is 0 Å². The van der Waals surface area contributed by atoms with Gasteiger partial charge in [-0.25, -0.2) is 13.6 Å². The number of hydrogen-bond acceptors (Lipinski definition) is 3. The van der Waals surface area contributed by atoms with Crippen LogP contribution < -0.4 is 10.6 Å². The molecule has 0 bridgehead atoms. The lowest BCUT2D eigenvalue weighted by Gasteiger charge is -2.21. The van der Waals surface area contributed by atoms with Crippen molar-refractivity contribution < 1.29 is 22.0 Å². The van der Waals surface area contributed by atoms with Crippen molar-refractivity contribution in [1.82, 2.24) is 18.9 Å². The fraction of sp³-hybridized carbons (Fsp3) is 0.429. The van der Waals surface area contributed by atoms with Crippen molar-refractivity contribution >= 4 is 5.69 Å². The average Bonchev–Trinajstić information content (AvgIpc) is 3.39. The van der Waals surface area contributed by atoms with Crippen molar-refractivity contribution in [2.24, 2.45) is 0 Å². The molecule has 1 aromatic carbocycles. The fourth-order valence-corrected chi connectivity index (χ4v) is 3.93. The van der Waals surface area contributed by atoms with Crippen LogP contribution in [0.4, 0.5) is 27.6 Å². The van der Waals surface area contributed by atoms with E-state index in [2.05, 4.69) is 5.10 Å². The highest BCUT2D eigenvalue weighted by Gasteiger charge is 2.39. The molecular weight excluding hydrogens is 433 g/mol. The van der Waals surface area contributed by atoms with Gasteiger partial charge in [0.2, 0.25) is 0 Å². The zero-order chi connectivity index (χ0) is 23.3. The van der Waals surface area contributed by atoms with E-state index < -0.39 is 36.3 Å². The maximum Gasteiger partial charge on any atom is 0.416 e. The average molecular weight is 455 g/mol. The fourth-order valence-electron chi connectivity index (χ4n) is 3.93. The van der Waals surface area contributed by atoms with Gasteiger partial charge in [0.1, 0.15) is 0 Å². The predicted octanol–water partition coefficient (Wildman–Crippen LogP) is 4.08. The van der Waals surface area contributed by atoms with E-state index in [9.17, 15) is 26.7 Å². The lowest BCUT2D eigenvalue weighted by Crippen LogP contribution is -2.27. The van der Waals surface area contributed by atoms with Gasteiger partial charge in [0.25, 0.3) is 5.92 Å². The SMILES string of the molecule is CCn1cc(Cn2cc(C)n(-c3cc(N4CCC(F)(F)C4)cc(C(F)(F)F)c3)c2=O)cn1. The minimum atomic E-state index is -4.69. The van der Waals surface area contributed by atoms with Crippen LogP contribution >= 0.6 is 0 Å². The lowest BCUT2D eigenvalue weighted by atomic mass is 10.1. The number of rotatable bonds is 5. The first-order valence-electron chi connectivity index (χ1n) is 10.1. The van der Waals surface area contributed by atoms with Crippen molar-refractivity contribution in [2.45, 2.75) is 45.5 Å². The van der Waals surface area contributed by atoms with Crippen molar-refractivity contribution in [3.05, 3.63) is 64.1 Å². The monoisotopic (exact) mass is 455 g/mol. The van der Waals surface area contributed by atoms with Crippen LogP contribution in [0.5, 0.6) is 0 Å². The first kappa shape index (κ1) is 22.1. The largest absolute Gasteiger partial charge is 0.416 e. The summed E-state index contributed by atoms with van der Waals surface area (Å²) in [5.41, 5.74) is -0.330. The Bertz CT molecular complexity index is 1190. The highest BCUT2D eigenvalue weighted by molar-refractivity contribution is 5.57. The van der Waals surface area contributed by atoms with Gasteiger partial charge < -0.3 is 4.90 Å². The summed E-state index contributed by atoms with van der Waals surface area (Å²) in [5.74, 6) is -2.96. The molecule has 172 valence electrons. The number of hydrogen-bond donors (Lipinski definition) is 0. The first-order valence-corrected chi connectivity index (χ1v) is 10.1. The molecule has 0 N–H and O–H groups in total. The van der Waals surface area contributed by atoms with Crippen LogP contribution in [-0.4, -0.2) is 37.9 Å². The molecular formula is C21H22F5N5O. The van der Waals surface area contributed by atoms with Gasteiger partial charge in [-0.1, -0.05) is 0 Å². The molecule has 1 fully saturated rings. The van der Waals surface area contributed by atoms with E-state index in [0.29, 0.717) is 12.2 Å². The molecule has 1 aliphatic heterocycles. The molecule has 1 saturated heterocycles. The summed E-state index contributed by atoms with van der Waals surface area (Å²) in [6.45, 7) is 3.67. The molecule has 0 aliphatic carbocycles. The van der Waals surface area contributed by atoms with E-state index in [-0.39, 0.29) is 24.5 Å². The summed E-state index contributed by atoms with van der Waals surface area (Å²) in [5, 5.41) is 4.16. The molecule has 11 heteroatoms. The minimum Gasteiger partial charge on any atom is -0.365 e. The molecule has 6 nitrogen and oxygen atoms in total. The van der Waals surface area contributed by atoms with Gasteiger partial charge in [0, 0.05) is 48.8 Å².